The minimum absolute atomic E-state index is 0.154. The van der Waals surface area contributed by atoms with Crippen LogP contribution in [0.1, 0.15) is 27.7 Å². The van der Waals surface area contributed by atoms with E-state index in [1.807, 2.05) is 0 Å². The molecule has 0 aliphatic carbocycles. The average Bonchev–Trinajstić information content (AvgIpc) is 3.15. The molecule has 0 unspecified atom stereocenters. The lowest BCUT2D eigenvalue weighted by atomic mass is 10.1. The maximum atomic E-state index is 13.4. The molecule has 0 spiro atoms. The Morgan fingerprint density at radius 1 is 1.03 bits per heavy atom. The van der Waals surface area contributed by atoms with Crippen LogP contribution in [0.4, 0.5) is 26.3 Å². The standard InChI is InChI=1S/C17H9F6N3O2S/c18-16(19,20)10-4-1-3-9(7-10)12(17(21,22)23)28-15(27)11-8-29-14(26-11)13-24-5-2-6-25-13/h1-8,12H/t12-/m1/s1. The summed E-state index contributed by atoms with van der Waals surface area (Å²) >= 11 is 0.900. The number of thiazole rings is 1. The van der Waals surface area contributed by atoms with Gasteiger partial charge in [0.1, 0.15) is 0 Å². The van der Waals surface area contributed by atoms with Crippen LogP contribution in [0.3, 0.4) is 0 Å². The van der Waals surface area contributed by atoms with Crippen molar-refractivity contribution < 1.29 is 35.9 Å². The van der Waals surface area contributed by atoms with Gasteiger partial charge in [-0.1, -0.05) is 12.1 Å². The smallest absolute Gasteiger partial charge is 0.429 e. The van der Waals surface area contributed by atoms with Crippen molar-refractivity contribution in [2.45, 2.75) is 18.5 Å². The van der Waals surface area contributed by atoms with Crippen LogP contribution in [0.15, 0.2) is 48.1 Å². The Hall–Kier alpha value is -3.02. The molecule has 0 N–H and O–H groups in total. The number of hydrogen-bond donors (Lipinski definition) is 0. The molecule has 152 valence electrons. The molecule has 29 heavy (non-hydrogen) atoms. The molecule has 2 aromatic heterocycles. The SMILES string of the molecule is O=C(O[C@H](c1cccc(C(F)(F)F)c1)C(F)(F)F)c1csc(-c2ncccn2)n1. The van der Waals surface area contributed by atoms with Gasteiger partial charge < -0.3 is 4.74 Å². The zero-order chi connectivity index (χ0) is 21.2. The molecule has 0 fully saturated rings. The summed E-state index contributed by atoms with van der Waals surface area (Å²) in [6.07, 6.45) is -10.1. The quantitative estimate of drug-likeness (QED) is 0.424. The van der Waals surface area contributed by atoms with Crippen molar-refractivity contribution in [1.82, 2.24) is 15.0 Å². The Balaban J connectivity index is 1.87. The molecule has 3 rings (SSSR count). The average molecular weight is 433 g/mol. The molecule has 0 saturated heterocycles. The second-order valence-electron chi connectivity index (χ2n) is 5.56. The molecule has 1 aromatic carbocycles. The number of carbonyl (C=O) groups excluding carboxylic acids is 1. The Kier molecular flexibility index (Phi) is 5.55. The van der Waals surface area contributed by atoms with Gasteiger partial charge in [0.2, 0.25) is 6.10 Å². The number of ether oxygens (including phenoxy) is 1. The van der Waals surface area contributed by atoms with Crippen LogP contribution in [0.5, 0.6) is 0 Å². The van der Waals surface area contributed by atoms with Crippen LogP contribution >= 0.6 is 11.3 Å². The fraction of sp³-hybridized carbons (Fsp3) is 0.176. The van der Waals surface area contributed by atoms with Crippen molar-refractivity contribution >= 4 is 17.3 Å². The summed E-state index contributed by atoms with van der Waals surface area (Å²) in [5, 5.41) is 1.31. The lowest BCUT2D eigenvalue weighted by Crippen LogP contribution is -2.26. The van der Waals surface area contributed by atoms with Crippen molar-refractivity contribution in [3.05, 3.63) is 64.9 Å². The number of nitrogens with zero attached hydrogens (tertiary/aromatic N) is 3. The van der Waals surface area contributed by atoms with E-state index in [0.717, 1.165) is 28.8 Å². The summed E-state index contributed by atoms with van der Waals surface area (Å²) in [4.78, 5) is 23.8. The number of esters is 1. The van der Waals surface area contributed by atoms with Crippen molar-refractivity contribution in [1.29, 1.82) is 0 Å². The molecule has 0 bridgehead atoms. The summed E-state index contributed by atoms with van der Waals surface area (Å²) < 4.78 is 83.1. The Bertz CT molecular complexity index is 1000. The van der Waals surface area contributed by atoms with Gasteiger partial charge in [-0.3, -0.25) is 0 Å². The molecule has 1 atom stereocenters. The maximum Gasteiger partial charge on any atom is 0.429 e. The molecule has 0 saturated carbocycles. The van der Waals surface area contributed by atoms with Gasteiger partial charge in [-0.2, -0.15) is 26.3 Å². The molecule has 0 aliphatic rings. The highest BCUT2D eigenvalue weighted by molar-refractivity contribution is 7.13. The van der Waals surface area contributed by atoms with E-state index in [4.69, 9.17) is 0 Å². The predicted octanol–water partition coefficient (Wildman–Crippen LogP) is 5.08. The molecule has 5 nitrogen and oxygen atoms in total. The summed E-state index contributed by atoms with van der Waals surface area (Å²) in [5.74, 6) is -1.29. The first-order valence-electron chi connectivity index (χ1n) is 7.73. The number of hydrogen-bond acceptors (Lipinski definition) is 6. The topological polar surface area (TPSA) is 65.0 Å². The molecule has 12 heteroatoms. The third-order valence-electron chi connectivity index (χ3n) is 3.51. The Morgan fingerprint density at radius 2 is 1.72 bits per heavy atom. The number of alkyl halides is 6. The molecule has 0 radical (unpaired) electrons. The van der Waals surface area contributed by atoms with Gasteiger partial charge in [0.05, 0.1) is 5.56 Å². The van der Waals surface area contributed by atoms with E-state index in [1.165, 1.54) is 18.5 Å². The predicted molar refractivity (Wildman–Crippen MR) is 88.8 cm³/mol. The number of benzene rings is 1. The van der Waals surface area contributed by atoms with E-state index >= 15 is 0 Å². The van der Waals surface area contributed by atoms with Crippen LogP contribution in [-0.2, 0) is 10.9 Å². The van der Waals surface area contributed by atoms with Crippen molar-refractivity contribution in [3.63, 3.8) is 0 Å². The lowest BCUT2D eigenvalue weighted by Gasteiger charge is -2.21. The highest BCUT2D eigenvalue weighted by Gasteiger charge is 2.45. The van der Waals surface area contributed by atoms with Gasteiger partial charge in [0.25, 0.3) is 0 Å². The second kappa shape index (κ2) is 7.78. The van der Waals surface area contributed by atoms with Crippen LogP contribution in [0, 0.1) is 0 Å². The summed E-state index contributed by atoms with van der Waals surface area (Å²) in [6, 6.07) is 4.04. The number of carbonyl (C=O) groups is 1. The van der Waals surface area contributed by atoms with E-state index < -0.39 is 41.2 Å². The van der Waals surface area contributed by atoms with E-state index in [9.17, 15) is 31.1 Å². The first-order chi connectivity index (χ1) is 13.6. The Morgan fingerprint density at radius 3 is 2.34 bits per heavy atom. The van der Waals surface area contributed by atoms with Crippen LogP contribution in [0.2, 0.25) is 0 Å². The van der Waals surface area contributed by atoms with Crippen LogP contribution in [-0.4, -0.2) is 27.1 Å². The summed E-state index contributed by atoms with van der Waals surface area (Å²) in [7, 11) is 0. The van der Waals surface area contributed by atoms with Crippen molar-refractivity contribution in [2.75, 3.05) is 0 Å². The minimum Gasteiger partial charge on any atom is -0.443 e. The normalized spacial score (nSPS) is 13.2. The molecule has 0 aliphatic heterocycles. The number of halogens is 6. The van der Waals surface area contributed by atoms with Gasteiger partial charge in [-0.05, 0) is 18.2 Å². The maximum absolute atomic E-state index is 13.4. The Labute approximate surface area is 163 Å². The molecule has 2 heterocycles. The summed E-state index contributed by atoms with van der Waals surface area (Å²) in [6.45, 7) is 0. The zero-order valence-electron chi connectivity index (χ0n) is 14.0. The van der Waals surface area contributed by atoms with E-state index in [0.29, 0.717) is 6.07 Å². The number of aromatic nitrogens is 3. The highest BCUT2D eigenvalue weighted by Crippen LogP contribution is 2.39. The second-order valence-corrected chi connectivity index (χ2v) is 6.42. The fourth-order valence-corrected chi connectivity index (χ4v) is 2.98. The van der Waals surface area contributed by atoms with Crippen LogP contribution in [0.25, 0.3) is 10.8 Å². The van der Waals surface area contributed by atoms with Crippen LogP contribution < -0.4 is 0 Å². The molecule has 3 aromatic rings. The van der Waals surface area contributed by atoms with E-state index in [1.54, 1.807) is 0 Å². The van der Waals surface area contributed by atoms with Gasteiger partial charge in [-0.15, -0.1) is 11.3 Å². The third kappa shape index (κ3) is 4.88. The fourth-order valence-electron chi connectivity index (χ4n) is 2.25. The highest BCUT2D eigenvalue weighted by atomic mass is 32.1. The zero-order valence-corrected chi connectivity index (χ0v) is 14.8. The number of rotatable bonds is 4. The van der Waals surface area contributed by atoms with Gasteiger partial charge >= 0.3 is 18.3 Å². The largest absolute Gasteiger partial charge is 0.443 e. The summed E-state index contributed by atoms with van der Waals surface area (Å²) in [5.41, 5.74) is -2.60. The third-order valence-corrected chi connectivity index (χ3v) is 4.35. The van der Waals surface area contributed by atoms with Crippen molar-refractivity contribution in [2.24, 2.45) is 0 Å². The van der Waals surface area contributed by atoms with Gasteiger partial charge in [0, 0.05) is 23.3 Å². The molecular formula is C17H9F6N3O2S. The van der Waals surface area contributed by atoms with E-state index in [2.05, 4.69) is 19.7 Å². The van der Waals surface area contributed by atoms with E-state index in [-0.39, 0.29) is 16.9 Å². The molecular weight excluding hydrogens is 424 g/mol. The van der Waals surface area contributed by atoms with Gasteiger partial charge in [0.15, 0.2) is 16.5 Å². The molecule has 0 amide bonds. The first kappa shape index (κ1) is 20.7. The monoisotopic (exact) mass is 433 g/mol. The first-order valence-corrected chi connectivity index (χ1v) is 8.61. The van der Waals surface area contributed by atoms with Crippen molar-refractivity contribution in [3.8, 4) is 10.8 Å². The minimum atomic E-state index is -5.14. The van der Waals surface area contributed by atoms with Gasteiger partial charge in [-0.25, -0.2) is 19.7 Å². The lowest BCUT2D eigenvalue weighted by molar-refractivity contribution is -0.207.